The summed E-state index contributed by atoms with van der Waals surface area (Å²) in [7, 11) is 0. The van der Waals surface area contributed by atoms with Gasteiger partial charge in [0.1, 0.15) is 0 Å². The Morgan fingerprint density at radius 3 is 2.73 bits per heavy atom. The summed E-state index contributed by atoms with van der Waals surface area (Å²) >= 11 is 0. The zero-order chi connectivity index (χ0) is 11.1. The first-order valence-electron chi connectivity index (χ1n) is 4.90. The normalized spacial score (nSPS) is 31.2. The molecule has 2 nitrogen and oxygen atoms in total. The van der Waals surface area contributed by atoms with Gasteiger partial charge >= 0.3 is 6.18 Å². The van der Waals surface area contributed by atoms with E-state index in [1.54, 1.807) is 6.08 Å². The Kier molecular flexibility index (Phi) is 2.47. The van der Waals surface area contributed by atoms with Crippen molar-refractivity contribution in [1.29, 1.82) is 0 Å². The van der Waals surface area contributed by atoms with Crippen LogP contribution in [0.1, 0.15) is 19.3 Å². The Hall–Kier alpha value is -1.02. The van der Waals surface area contributed by atoms with Gasteiger partial charge in [-0.25, -0.2) is 4.85 Å². The van der Waals surface area contributed by atoms with E-state index in [9.17, 15) is 13.2 Å². The molecule has 2 heterocycles. The molecule has 0 saturated carbocycles. The highest BCUT2D eigenvalue weighted by molar-refractivity contribution is 5.22. The molecule has 1 fully saturated rings. The van der Waals surface area contributed by atoms with Crippen LogP contribution in [0, 0.1) is 6.57 Å². The Labute approximate surface area is 86.2 Å². The van der Waals surface area contributed by atoms with Crippen LogP contribution in [0.15, 0.2) is 11.8 Å². The number of hydrogen-bond donors (Lipinski definition) is 0. The van der Waals surface area contributed by atoms with Crippen LogP contribution in [0.3, 0.4) is 0 Å². The van der Waals surface area contributed by atoms with E-state index in [4.69, 9.17) is 6.57 Å². The molecule has 0 aromatic rings. The van der Waals surface area contributed by atoms with Crippen molar-refractivity contribution in [3.05, 3.63) is 23.2 Å². The fourth-order valence-corrected chi connectivity index (χ4v) is 2.43. The van der Waals surface area contributed by atoms with E-state index < -0.39 is 12.7 Å². The van der Waals surface area contributed by atoms with Crippen molar-refractivity contribution >= 4 is 0 Å². The van der Waals surface area contributed by atoms with E-state index in [-0.39, 0.29) is 12.1 Å². The molecule has 0 radical (unpaired) electrons. The number of alkyl halides is 3. The molecule has 2 bridgehead atoms. The maximum Gasteiger partial charge on any atom is 0.401 e. The minimum Gasteiger partial charge on any atom is -0.288 e. The molecule has 0 N–H and O–H groups in total. The first kappa shape index (κ1) is 10.5. The largest absolute Gasteiger partial charge is 0.401 e. The molecule has 0 amide bonds. The quantitative estimate of drug-likeness (QED) is 0.611. The lowest BCUT2D eigenvalue weighted by Crippen LogP contribution is -2.44. The summed E-state index contributed by atoms with van der Waals surface area (Å²) in [6.45, 7) is 6.02. The SMILES string of the molecule is [C-]#[N+]C1=CC2CCC(C1)N2CC(F)(F)F. The summed E-state index contributed by atoms with van der Waals surface area (Å²) in [4.78, 5) is 4.80. The van der Waals surface area contributed by atoms with Crippen LogP contribution in [0.5, 0.6) is 0 Å². The lowest BCUT2D eigenvalue weighted by Gasteiger charge is -2.32. The highest BCUT2D eigenvalue weighted by atomic mass is 19.4. The molecule has 2 rings (SSSR count). The molecule has 82 valence electrons. The maximum atomic E-state index is 12.3. The summed E-state index contributed by atoms with van der Waals surface area (Å²) < 4.78 is 36.8. The highest BCUT2D eigenvalue weighted by Gasteiger charge is 2.42. The van der Waals surface area contributed by atoms with Crippen LogP contribution < -0.4 is 0 Å². The van der Waals surface area contributed by atoms with E-state index >= 15 is 0 Å². The van der Waals surface area contributed by atoms with Crippen molar-refractivity contribution in [2.45, 2.75) is 37.5 Å². The first-order chi connectivity index (χ1) is 6.99. The van der Waals surface area contributed by atoms with Gasteiger partial charge in [-0.2, -0.15) is 13.2 Å². The summed E-state index contributed by atoms with van der Waals surface area (Å²) in [5.41, 5.74) is 0.626. The fraction of sp³-hybridized carbons (Fsp3) is 0.700. The molecule has 0 aromatic carbocycles. The van der Waals surface area contributed by atoms with Crippen molar-refractivity contribution in [2.75, 3.05) is 6.54 Å². The zero-order valence-corrected chi connectivity index (χ0v) is 8.09. The number of nitrogens with zero attached hydrogens (tertiary/aromatic N) is 2. The second-order valence-electron chi connectivity index (χ2n) is 4.06. The molecule has 5 heteroatoms. The molecule has 2 unspecified atom stereocenters. The summed E-state index contributed by atoms with van der Waals surface area (Å²) in [6, 6.07) is -0.250. The molecule has 0 spiro atoms. The van der Waals surface area contributed by atoms with Crippen molar-refractivity contribution in [3.63, 3.8) is 0 Å². The second kappa shape index (κ2) is 3.53. The summed E-state index contributed by atoms with van der Waals surface area (Å²) in [5, 5.41) is 0. The van der Waals surface area contributed by atoms with Crippen LogP contribution in [0.25, 0.3) is 4.85 Å². The molecule has 2 aliphatic heterocycles. The van der Waals surface area contributed by atoms with Gasteiger partial charge in [0, 0.05) is 12.1 Å². The molecule has 1 saturated heterocycles. The summed E-state index contributed by atoms with van der Waals surface area (Å²) in [5.74, 6) is 0. The molecular formula is C10H11F3N2. The van der Waals surface area contributed by atoms with Crippen molar-refractivity contribution < 1.29 is 13.2 Å². The third-order valence-corrected chi connectivity index (χ3v) is 3.03. The van der Waals surface area contributed by atoms with Gasteiger partial charge in [0.2, 0.25) is 0 Å². The molecule has 2 aliphatic rings. The number of halogens is 3. The van der Waals surface area contributed by atoms with Crippen LogP contribution in [0.2, 0.25) is 0 Å². The van der Waals surface area contributed by atoms with Crippen molar-refractivity contribution in [3.8, 4) is 0 Å². The topological polar surface area (TPSA) is 7.60 Å². The Morgan fingerprint density at radius 1 is 1.47 bits per heavy atom. The lowest BCUT2D eigenvalue weighted by molar-refractivity contribution is -0.150. The highest BCUT2D eigenvalue weighted by Crippen LogP contribution is 2.36. The molecular weight excluding hydrogens is 205 g/mol. The van der Waals surface area contributed by atoms with Gasteiger partial charge in [0.25, 0.3) is 0 Å². The van der Waals surface area contributed by atoms with Gasteiger partial charge in [0.05, 0.1) is 13.1 Å². The van der Waals surface area contributed by atoms with E-state index in [1.165, 1.54) is 4.90 Å². The van der Waals surface area contributed by atoms with Gasteiger partial charge in [-0.15, -0.1) is 0 Å². The van der Waals surface area contributed by atoms with E-state index in [0.29, 0.717) is 12.1 Å². The predicted molar refractivity (Wildman–Crippen MR) is 48.9 cm³/mol. The molecule has 0 aromatic heterocycles. The van der Waals surface area contributed by atoms with Crippen LogP contribution >= 0.6 is 0 Å². The van der Waals surface area contributed by atoms with E-state index in [0.717, 1.165) is 12.8 Å². The minimum absolute atomic E-state index is 0.0780. The number of rotatable bonds is 1. The van der Waals surface area contributed by atoms with Crippen LogP contribution in [-0.2, 0) is 0 Å². The third-order valence-electron chi connectivity index (χ3n) is 3.03. The average molecular weight is 216 g/mol. The Balaban J connectivity index is 2.12. The fourth-order valence-electron chi connectivity index (χ4n) is 2.43. The first-order valence-corrected chi connectivity index (χ1v) is 4.90. The molecule has 2 atom stereocenters. The summed E-state index contributed by atoms with van der Waals surface area (Å²) in [6.07, 6.45) is -0.432. The Bertz CT molecular complexity index is 327. The standard InChI is InChI=1S/C10H11F3N2/c1-14-7-4-8-2-3-9(5-7)15(8)6-10(11,12)13/h4,8-9H,2-3,5-6H2. The minimum atomic E-state index is -4.13. The second-order valence-corrected chi connectivity index (χ2v) is 4.06. The monoisotopic (exact) mass is 216 g/mol. The van der Waals surface area contributed by atoms with Crippen molar-refractivity contribution in [1.82, 2.24) is 4.90 Å². The van der Waals surface area contributed by atoms with Gasteiger partial charge in [-0.1, -0.05) is 6.08 Å². The van der Waals surface area contributed by atoms with Crippen LogP contribution in [0.4, 0.5) is 13.2 Å². The lowest BCUT2D eigenvalue weighted by atomic mass is 10.1. The Morgan fingerprint density at radius 2 is 2.20 bits per heavy atom. The third kappa shape index (κ3) is 2.15. The zero-order valence-electron chi connectivity index (χ0n) is 8.09. The van der Waals surface area contributed by atoms with Gasteiger partial charge in [-0.05, 0) is 19.3 Å². The van der Waals surface area contributed by atoms with Crippen molar-refractivity contribution in [2.24, 2.45) is 0 Å². The number of hydrogen-bond acceptors (Lipinski definition) is 1. The molecule has 15 heavy (non-hydrogen) atoms. The van der Waals surface area contributed by atoms with E-state index in [2.05, 4.69) is 4.85 Å². The molecule has 0 aliphatic carbocycles. The smallest absolute Gasteiger partial charge is 0.288 e. The maximum absolute atomic E-state index is 12.3. The number of fused-ring (bicyclic) bond motifs is 2. The average Bonchev–Trinajstić information content (AvgIpc) is 2.37. The van der Waals surface area contributed by atoms with Gasteiger partial charge < -0.3 is 0 Å². The van der Waals surface area contributed by atoms with Gasteiger partial charge in [-0.3, -0.25) is 4.90 Å². The van der Waals surface area contributed by atoms with E-state index in [1.807, 2.05) is 0 Å². The van der Waals surface area contributed by atoms with Gasteiger partial charge in [0.15, 0.2) is 5.70 Å². The predicted octanol–water partition coefficient (Wildman–Crippen LogP) is 2.59. The van der Waals surface area contributed by atoms with Crippen LogP contribution in [-0.4, -0.2) is 29.7 Å².